The van der Waals surface area contributed by atoms with Crippen molar-refractivity contribution in [2.75, 3.05) is 19.5 Å². The zero-order valence-corrected chi connectivity index (χ0v) is 19.3. The first-order chi connectivity index (χ1) is 17.3. The largest absolute Gasteiger partial charge is 0.507 e. The Hall–Kier alpha value is -4.92. The second kappa shape index (κ2) is 10.1. The summed E-state index contributed by atoms with van der Waals surface area (Å²) >= 11 is 0. The van der Waals surface area contributed by atoms with Crippen LogP contribution in [0.4, 0.5) is 10.1 Å². The number of hydrogen-bond acceptors (Lipinski definition) is 6. The molecule has 0 fully saturated rings. The van der Waals surface area contributed by atoms with Gasteiger partial charge in [-0.2, -0.15) is 0 Å². The number of aromatic nitrogens is 1. The van der Waals surface area contributed by atoms with E-state index in [-0.39, 0.29) is 22.4 Å². The summed E-state index contributed by atoms with van der Waals surface area (Å²) in [7, 11) is 2.85. The monoisotopic (exact) mass is 488 g/mol. The molecule has 0 aliphatic heterocycles. The summed E-state index contributed by atoms with van der Waals surface area (Å²) in [6.07, 6.45) is 1.22. The van der Waals surface area contributed by atoms with Gasteiger partial charge in [0.1, 0.15) is 28.6 Å². The van der Waals surface area contributed by atoms with Crippen LogP contribution in [-0.2, 0) is 0 Å². The molecule has 0 atom stereocenters. The van der Waals surface area contributed by atoms with E-state index in [0.29, 0.717) is 17.2 Å². The molecule has 0 aliphatic rings. The van der Waals surface area contributed by atoms with Crippen molar-refractivity contribution < 1.29 is 28.6 Å². The zero-order valence-electron chi connectivity index (χ0n) is 19.3. The third kappa shape index (κ3) is 4.67. The molecule has 182 valence electrons. The maximum absolute atomic E-state index is 13.8. The molecule has 0 saturated heterocycles. The first-order valence-corrected chi connectivity index (χ1v) is 10.7. The highest BCUT2D eigenvalue weighted by atomic mass is 19.1. The lowest BCUT2D eigenvalue weighted by Crippen LogP contribution is -2.29. The molecule has 1 heterocycles. The number of amides is 1. The Balaban J connectivity index is 1.90. The third-order valence-electron chi connectivity index (χ3n) is 5.43. The number of nitrogens with zero attached hydrogens (tertiary/aromatic N) is 1. The van der Waals surface area contributed by atoms with Crippen LogP contribution < -0.4 is 20.3 Å². The number of ether oxygens (including phenoxy) is 2. The molecule has 3 aromatic carbocycles. The molecule has 1 aromatic heterocycles. The van der Waals surface area contributed by atoms with Crippen molar-refractivity contribution in [3.8, 4) is 22.9 Å². The lowest BCUT2D eigenvalue weighted by molar-refractivity contribution is 0.102. The predicted octanol–water partition coefficient (Wildman–Crippen LogP) is 4.18. The molecular formula is C27H21FN2O6. The first-order valence-electron chi connectivity index (χ1n) is 10.7. The summed E-state index contributed by atoms with van der Waals surface area (Å²) in [6.45, 7) is 0. The topological polar surface area (TPSA) is 107 Å². The maximum Gasteiger partial charge on any atom is 0.268 e. The smallest absolute Gasteiger partial charge is 0.268 e. The number of rotatable bonds is 7. The number of anilines is 1. The van der Waals surface area contributed by atoms with Crippen LogP contribution in [0.3, 0.4) is 0 Å². The number of nitrogens with one attached hydrogen (secondary N) is 1. The van der Waals surface area contributed by atoms with Crippen molar-refractivity contribution in [2.24, 2.45) is 0 Å². The van der Waals surface area contributed by atoms with E-state index in [4.69, 9.17) is 9.47 Å². The summed E-state index contributed by atoms with van der Waals surface area (Å²) in [6, 6.07) is 17.2. The third-order valence-corrected chi connectivity index (χ3v) is 5.43. The SMILES string of the molecule is COc1ccccc1NC(=O)c1cc(C(=O)c2cc(F)ccc2O)cn(-c2ccccc2OC)c1=O. The number of hydrogen-bond donors (Lipinski definition) is 2. The van der Waals surface area contributed by atoms with Crippen LogP contribution in [0.5, 0.6) is 17.2 Å². The fraction of sp³-hybridized carbons (Fsp3) is 0.0741. The number of halogens is 1. The molecule has 0 aliphatic carbocycles. The molecule has 2 N–H and O–H groups in total. The van der Waals surface area contributed by atoms with Crippen LogP contribution in [0, 0.1) is 5.82 Å². The molecule has 36 heavy (non-hydrogen) atoms. The number of carbonyl (C=O) groups excluding carboxylic acids is 2. The Morgan fingerprint density at radius 3 is 2.28 bits per heavy atom. The van der Waals surface area contributed by atoms with Crippen molar-refractivity contribution in [3.05, 3.63) is 112 Å². The summed E-state index contributed by atoms with van der Waals surface area (Å²) in [5, 5.41) is 12.8. The van der Waals surface area contributed by atoms with Gasteiger partial charge in [-0.15, -0.1) is 0 Å². The van der Waals surface area contributed by atoms with E-state index in [2.05, 4.69) is 5.32 Å². The van der Waals surface area contributed by atoms with Crippen LogP contribution in [0.15, 0.2) is 83.8 Å². The molecule has 4 rings (SSSR count). The van der Waals surface area contributed by atoms with Gasteiger partial charge in [-0.3, -0.25) is 19.0 Å². The molecule has 1 amide bonds. The highest BCUT2D eigenvalue weighted by Gasteiger charge is 2.23. The fourth-order valence-electron chi connectivity index (χ4n) is 3.66. The first kappa shape index (κ1) is 24.2. The minimum absolute atomic E-state index is 0.133. The minimum atomic E-state index is -0.800. The van der Waals surface area contributed by atoms with Gasteiger partial charge in [-0.25, -0.2) is 4.39 Å². The summed E-state index contributed by atoms with van der Waals surface area (Å²) < 4.78 is 25.5. The zero-order chi connectivity index (χ0) is 25.8. The Morgan fingerprint density at radius 1 is 0.889 bits per heavy atom. The minimum Gasteiger partial charge on any atom is -0.507 e. The Labute approximate surface area is 205 Å². The molecule has 0 saturated carbocycles. The Bertz CT molecular complexity index is 1530. The molecular weight excluding hydrogens is 467 g/mol. The van der Waals surface area contributed by atoms with E-state index >= 15 is 0 Å². The summed E-state index contributed by atoms with van der Waals surface area (Å²) in [4.78, 5) is 40.0. The number of pyridine rings is 1. The van der Waals surface area contributed by atoms with Crippen LogP contribution in [0.1, 0.15) is 26.3 Å². The molecule has 0 bridgehead atoms. The van der Waals surface area contributed by atoms with Crippen molar-refractivity contribution in [1.82, 2.24) is 4.57 Å². The normalized spacial score (nSPS) is 10.5. The average molecular weight is 488 g/mol. The average Bonchev–Trinajstić information content (AvgIpc) is 2.90. The van der Waals surface area contributed by atoms with E-state index < -0.39 is 28.8 Å². The van der Waals surface area contributed by atoms with Crippen LogP contribution in [-0.4, -0.2) is 35.6 Å². The molecule has 0 spiro atoms. The summed E-state index contributed by atoms with van der Waals surface area (Å²) in [5.74, 6) is -2.09. The van der Waals surface area contributed by atoms with Gasteiger partial charge in [-0.05, 0) is 48.5 Å². The summed E-state index contributed by atoms with van der Waals surface area (Å²) in [5.41, 5.74) is -0.967. The number of benzene rings is 3. The maximum atomic E-state index is 13.8. The van der Waals surface area contributed by atoms with Crippen molar-refractivity contribution in [1.29, 1.82) is 0 Å². The standard InChI is InChI=1S/C27H21FN2O6/c1-35-23-9-5-3-7-20(23)29-26(33)19-13-16(25(32)18-14-17(28)11-12-22(18)31)15-30(27(19)34)21-8-4-6-10-24(21)36-2/h3-15,31H,1-2H3,(H,29,33). The highest BCUT2D eigenvalue weighted by molar-refractivity contribution is 6.12. The van der Waals surface area contributed by atoms with Gasteiger partial charge in [0.05, 0.1) is 31.2 Å². The van der Waals surface area contributed by atoms with E-state index in [9.17, 15) is 23.9 Å². The second-order valence-electron chi connectivity index (χ2n) is 7.63. The second-order valence-corrected chi connectivity index (χ2v) is 7.63. The molecule has 0 unspecified atom stereocenters. The van der Waals surface area contributed by atoms with Gasteiger partial charge in [0.15, 0.2) is 5.78 Å². The van der Waals surface area contributed by atoms with Gasteiger partial charge >= 0.3 is 0 Å². The van der Waals surface area contributed by atoms with Gasteiger partial charge < -0.3 is 19.9 Å². The van der Waals surface area contributed by atoms with Crippen LogP contribution in [0.25, 0.3) is 5.69 Å². The van der Waals surface area contributed by atoms with Crippen LogP contribution in [0.2, 0.25) is 0 Å². The number of methoxy groups -OCH3 is 2. The number of para-hydroxylation sites is 4. The van der Waals surface area contributed by atoms with Crippen LogP contribution >= 0.6 is 0 Å². The van der Waals surface area contributed by atoms with Gasteiger partial charge in [0.2, 0.25) is 0 Å². The van der Waals surface area contributed by atoms with E-state index in [0.717, 1.165) is 28.8 Å². The van der Waals surface area contributed by atoms with Crippen molar-refractivity contribution in [3.63, 3.8) is 0 Å². The number of phenols is 1. The van der Waals surface area contributed by atoms with Crippen molar-refractivity contribution >= 4 is 17.4 Å². The van der Waals surface area contributed by atoms with Crippen molar-refractivity contribution in [2.45, 2.75) is 0 Å². The molecule has 4 aromatic rings. The highest BCUT2D eigenvalue weighted by Crippen LogP contribution is 2.26. The fourth-order valence-corrected chi connectivity index (χ4v) is 3.66. The number of ketones is 1. The lowest BCUT2D eigenvalue weighted by atomic mass is 10.0. The van der Waals surface area contributed by atoms with E-state index in [1.165, 1.54) is 20.4 Å². The lowest BCUT2D eigenvalue weighted by Gasteiger charge is -2.15. The number of aromatic hydroxyl groups is 1. The Morgan fingerprint density at radius 2 is 1.56 bits per heavy atom. The molecule has 0 radical (unpaired) electrons. The van der Waals surface area contributed by atoms with E-state index in [1.807, 2.05) is 0 Å². The Kier molecular flexibility index (Phi) is 6.82. The number of carbonyl (C=O) groups is 2. The molecule has 8 nitrogen and oxygen atoms in total. The predicted molar refractivity (Wildman–Crippen MR) is 131 cm³/mol. The number of phenolic OH excluding ortho intramolecular Hbond substituents is 1. The van der Waals surface area contributed by atoms with Gasteiger partial charge in [0, 0.05) is 11.8 Å². The van der Waals surface area contributed by atoms with E-state index in [1.54, 1.807) is 48.5 Å². The van der Waals surface area contributed by atoms with Gasteiger partial charge in [-0.1, -0.05) is 24.3 Å². The van der Waals surface area contributed by atoms with Gasteiger partial charge in [0.25, 0.3) is 11.5 Å². The molecule has 9 heteroatoms. The quantitative estimate of drug-likeness (QED) is 0.378.